The molecule has 30 heavy (non-hydrogen) atoms. The molecule has 5 rings (SSSR count). The molecule has 4 aliphatic rings. The van der Waals surface area contributed by atoms with E-state index < -0.39 is 0 Å². The van der Waals surface area contributed by atoms with Crippen LogP contribution in [0.15, 0.2) is 16.9 Å². The van der Waals surface area contributed by atoms with E-state index in [4.69, 9.17) is 9.15 Å². The van der Waals surface area contributed by atoms with Crippen molar-refractivity contribution in [2.24, 2.45) is 34.0 Å². The minimum atomic E-state index is -0.148. The molecule has 3 unspecified atom stereocenters. The number of aryl methyl sites for hydroxylation is 1. The highest BCUT2D eigenvalue weighted by Gasteiger charge is 2.68. The second kappa shape index (κ2) is 6.39. The van der Waals surface area contributed by atoms with Crippen LogP contribution in [-0.4, -0.2) is 12.1 Å². The zero-order chi connectivity index (χ0) is 21.5. The van der Waals surface area contributed by atoms with Gasteiger partial charge in [0.15, 0.2) is 0 Å². The highest BCUT2D eigenvalue weighted by molar-refractivity contribution is 5.66. The Kier molecular flexibility index (Phi) is 4.40. The maximum Gasteiger partial charge on any atom is 0.302 e. The number of hydrogen-bond donors (Lipinski definition) is 0. The Balaban J connectivity index is 1.64. The third-order valence-electron chi connectivity index (χ3n) is 10.8. The number of carbonyl (C=O) groups excluding carboxylic acids is 1. The van der Waals surface area contributed by atoms with Gasteiger partial charge in [-0.25, -0.2) is 0 Å². The van der Waals surface area contributed by atoms with Gasteiger partial charge in [-0.3, -0.25) is 4.79 Å². The summed E-state index contributed by atoms with van der Waals surface area (Å²) in [5.41, 5.74) is 3.53. The smallest absolute Gasteiger partial charge is 0.302 e. The number of esters is 1. The molecule has 3 fully saturated rings. The molecule has 0 amide bonds. The van der Waals surface area contributed by atoms with E-state index in [0.29, 0.717) is 28.1 Å². The Hall–Kier alpha value is -1.25. The summed E-state index contributed by atoms with van der Waals surface area (Å²) in [5.74, 6) is 1.77. The lowest BCUT2D eigenvalue weighted by atomic mass is 9.35. The largest absolute Gasteiger partial charge is 0.472 e. The Morgan fingerprint density at radius 3 is 2.43 bits per heavy atom. The number of rotatable bonds is 1. The molecule has 1 aromatic heterocycles. The van der Waals surface area contributed by atoms with Crippen molar-refractivity contribution in [3.05, 3.63) is 23.7 Å². The molecule has 3 heteroatoms. The van der Waals surface area contributed by atoms with E-state index >= 15 is 0 Å². The fourth-order valence-corrected chi connectivity index (χ4v) is 9.66. The average Bonchev–Trinajstić information content (AvgIpc) is 3.12. The molecule has 0 aliphatic heterocycles. The van der Waals surface area contributed by atoms with E-state index in [2.05, 4.69) is 34.6 Å². The summed E-state index contributed by atoms with van der Waals surface area (Å²) in [6.45, 7) is 14.2. The lowest BCUT2D eigenvalue weighted by molar-refractivity contribution is -0.216. The number of ether oxygens (including phenoxy) is 1. The van der Waals surface area contributed by atoms with Gasteiger partial charge in [0, 0.05) is 17.9 Å². The van der Waals surface area contributed by atoms with E-state index in [9.17, 15) is 4.79 Å². The van der Waals surface area contributed by atoms with Crippen LogP contribution < -0.4 is 0 Å². The van der Waals surface area contributed by atoms with Gasteiger partial charge in [0.25, 0.3) is 0 Å². The predicted molar refractivity (Wildman–Crippen MR) is 118 cm³/mol. The number of hydrogen-bond acceptors (Lipinski definition) is 3. The molecule has 166 valence electrons. The van der Waals surface area contributed by atoms with Gasteiger partial charge >= 0.3 is 5.97 Å². The molecular weight excluding hydrogens is 372 g/mol. The van der Waals surface area contributed by atoms with Gasteiger partial charge in [-0.1, -0.05) is 41.0 Å². The highest BCUT2D eigenvalue weighted by atomic mass is 16.5. The summed E-state index contributed by atoms with van der Waals surface area (Å²) in [5, 5.41) is 0. The van der Waals surface area contributed by atoms with Crippen molar-refractivity contribution in [2.75, 3.05) is 0 Å². The van der Waals surface area contributed by atoms with Gasteiger partial charge in [-0.2, -0.15) is 0 Å². The summed E-state index contributed by atoms with van der Waals surface area (Å²) in [7, 11) is 0. The second-order valence-corrected chi connectivity index (χ2v) is 12.5. The van der Waals surface area contributed by atoms with E-state index in [1.54, 1.807) is 6.92 Å². The van der Waals surface area contributed by atoms with Gasteiger partial charge in [0.05, 0.1) is 12.5 Å². The van der Waals surface area contributed by atoms with Crippen molar-refractivity contribution in [1.82, 2.24) is 0 Å². The summed E-state index contributed by atoms with van der Waals surface area (Å²) >= 11 is 0. The van der Waals surface area contributed by atoms with Gasteiger partial charge in [0.1, 0.15) is 6.10 Å². The van der Waals surface area contributed by atoms with E-state index in [1.807, 2.05) is 12.5 Å². The van der Waals surface area contributed by atoms with Gasteiger partial charge in [-0.05, 0) is 84.5 Å². The second-order valence-electron chi connectivity index (χ2n) is 12.5. The molecular formula is C27H40O3. The molecule has 4 aliphatic carbocycles. The van der Waals surface area contributed by atoms with Crippen molar-refractivity contribution in [3.63, 3.8) is 0 Å². The van der Waals surface area contributed by atoms with Crippen LogP contribution >= 0.6 is 0 Å². The fraction of sp³-hybridized carbons (Fsp3) is 0.815. The van der Waals surface area contributed by atoms with Crippen molar-refractivity contribution in [2.45, 2.75) is 104 Å². The molecule has 0 spiro atoms. The van der Waals surface area contributed by atoms with Crippen LogP contribution in [0.5, 0.6) is 0 Å². The summed E-state index contributed by atoms with van der Waals surface area (Å²) in [6.07, 6.45) is 13.8. The van der Waals surface area contributed by atoms with Crippen LogP contribution in [0.4, 0.5) is 0 Å². The molecule has 3 saturated carbocycles. The lowest BCUT2D eigenvalue weighted by Gasteiger charge is -2.70. The fourth-order valence-electron chi connectivity index (χ4n) is 9.66. The SMILES string of the molecule is CC(=O)O[C@H]1CC2[C@@]3(C)CCCC(C)(C)C3CC[C@@]2(C)C2CCc3cocc3[C@]21C. The van der Waals surface area contributed by atoms with Gasteiger partial charge in [-0.15, -0.1) is 0 Å². The normalized spacial score (nSPS) is 46.7. The van der Waals surface area contributed by atoms with E-state index in [0.717, 1.165) is 18.8 Å². The maximum absolute atomic E-state index is 12.2. The first-order valence-electron chi connectivity index (χ1n) is 12.3. The van der Waals surface area contributed by atoms with Gasteiger partial charge in [0.2, 0.25) is 0 Å². The molecule has 0 saturated heterocycles. The zero-order valence-electron chi connectivity index (χ0n) is 19.8. The minimum Gasteiger partial charge on any atom is -0.472 e. The Bertz CT molecular complexity index is 852. The maximum atomic E-state index is 12.2. The highest BCUT2D eigenvalue weighted by Crippen LogP contribution is 2.72. The number of carbonyl (C=O) groups is 1. The minimum absolute atomic E-state index is 0.0599. The molecule has 0 aromatic carbocycles. The van der Waals surface area contributed by atoms with Crippen molar-refractivity contribution >= 4 is 5.97 Å². The standard InChI is InChI=1S/C27H40O3/c1-17(28)30-23-14-22-25(4)12-7-11-24(2,3)20(25)10-13-26(22,5)21-9-8-18-15-29-16-19(18)27(21,23)6/h15-16,20-23H,7-14H2,1-6H3/t20?,21?,22?,23-,25-,26-,27+/m0/s1. The van der Waals surface area contributed by atoms with Crippen molar-refractivity contribution < 1.29 is 13.9 Å². The molecule has 1 heterocycles. The van der Waals surface area contributed by atoms with Crippen LogP contribution in [0.3, 0.4) is 0 Å². The molecule has 7 atom stereocenters. The molecule has 0 N–H and O–H groups in total. The van der Waals surface area contributed by atoms with Crippen LogP contribution in [0.25, 0.3) is 0 Å². The van der Waals surface area contributed by atoms with Crippen molar-refractivity contribution in [3.8, 4) is 0 Å². The quantitative estimate of drug-likeness (QED) is 0.483. The Morgan fingerprint density at radius 2 is 1.70 bits per heavy atom. The zero-order valence-corrected chi connectivity index (χ0v) is 19.8. The number of fused-ring (bicyclic) bond motifs is 7. The third-order valence-corrected chi connectivity index (χ3v) is 10.8. The van der Waals surface area contributed by atoms with Crippen LogP contribution in [0.2, 0.25) is 0 Å². The number of furan rings is 1. The van der Waals surface area contributed by atoms with E-state index in [-0.39, 0.29) is 17.5 Å². The van der Waals surface area contributed by atoms with Crippen molar-refractivity contribution in [1.29, 1.82) is 0 Å². The van der Waals surface area contributed by atoms with Gasteiger partial charge < -0.3 is 9.15 Å². The first-order chi connectivity index (χ1) is 14.0. The Labute approximate surface area is 182 Å². The summed E-state index contributed by atoms with van der Waals surface area (Å²) < 4.78 is 11.9. The lowest BCUT2D eigenvalue weighted by Crippen LogP contribution is -2.66. The van der Waals surface area contributed by atoms with Crippen LogP contribution in [0, 0.1) is 34.0 Å². The van der Waals surface area contributed by atoms with E-state index in [1.165, 1.54) is 49.7 Å². The monoisotopic (exact) mass is 412 g/mol. The predicted octanol–water partition coefficient (Wildman–Crippen LogP) is 6.68. The first kappa shape index (κ1) is 20.6. The summed E-state index contributed by atoms with van der Waals surface area (Å²) in [6, 6.07) is 0. The molecule has 0 bridgehead atoms. The molecule has 0 radical (unpaired) electrons. The average molecular weight is 413 g/mol. The van der Waals surface area contributed by atoms with Crippen LogP contribution in [-0.2, 0) is 21.4 Å². The Morgan fingerprint density at radius 1 is 0.967 bits per heavy atom. The van der Waals surface area contributed by atoms with Crippen LogP contribution in [0.1, 0.15) is 97.6 Å². The first-order valence-corrected chi connectivity index (χ1v) is 12.3. The topological polar surface area (TPSA) is 39.4 Å². The molecule has 1 aromatic rings. The third kappa shape index (κ3) is 2.53. The molecule has 3 nitrogen and oxygen atoms in total. The summed E-state index contributed by atoms with van der Waals surface area (Å²) in [4.78, 5) is 12.2.